The summed E-state index contributed by atoms with van der Waals surface area (Å²) < 4.78 is 10.6. The van der Waals surface area contributed by atoms with Gasteiger partial charge in [0.25, 0.3) is 0 Å². The van der Waals surface area contributed by atoms with Crippen molar-refractivity contribution in [3.63, 3.8) is 0 Å². The van der Waals surface area contributed by atoms with Gasteiger partial charge in [-0.05, 0) is 36.8 Å². The molecule has 0 N–H and O–H groups in total. The maximum atomic E-state index is 12.5. The van der Waals surface area contributed by atoms with Crippen LogP contribution in [0.4, 0.5) is 0 Å². The van der Waals surface area contributed by atoms with Crippen LogP contribution in [0.15, 0.2) is 47.4 Å². The van der Waals surface area contributed by atoms with Gasteiger partial charge < -0.3 is 14.4 Å². The van der Waals surface area contributed by atoms with Crippen molar-refractivity contribution in [3.8, 4) is 11.5 Å². The average Bonchev–Trinajstić information content (AvgIpc) is 2.64. The van der Waals surface area contributed by atoms with Gasteiger partial charge in [0.1, 0.15) is 0 Å². The van der Waals surface area contributed by atoms with E-state index in [-0.39, 0.29) is 5.91 Å². The van der Waals surface area contributed by atoms with Gasteiger partial charge in [-0.3, -0.25) is 4.79 Å². The number of rotatable bonds is 8. The number of ether oxygens (including phenoxy) is 2. The van der Waals surface area contributed by atoms with E-state index in [2.05, 4.69) is 0 Å². The Hall–Kier alpha value is -1.85. The predicted octanol–water partition coefficient (Wildman–Crippen LogP) is 4.50. The molecule has 0 aliphatic carbocycles. The Bertz CT molecular complexity index is 724. The lowest BCUT2D eigenvalue weighted by molar-refractivity contribution is -0.128. The van der Waals surface area contributed by atoms with Crippen LogP contribution in [0.25, 0.3) is 0 Å². The van der Waals surface area contributed by atoms with Crippen molar-refractivity contribution in [1.82, 2.24) is 4.90 Å². The summed E-state index contributed by atoms with van der Waals surface area (Å²) in [6, 6.07) is 13.2. The molecule has 0 heterocycles. The molecule has 0 aliphatic heterocycles. The number of hydrogen-bond donors (Lipinski definition) is 0. The first-order valence-corrected chi connectivity index (χ1v) is 9.31. The maximum absolute atomic E-state index is 12.5. The Kier molecular flexibility index (Phi) is 7.47. The van der Waals surface area contributed by atoms with Crippen molar-refractivity contribution in [2.75, 3.05) is 26.5 Å². The second-order valence-corrected chi connectivity index (χ2v) is 6.74. The minimum atomic E-state index is 0.0715. The van der Waals surface area contributed by atoms with Crippen LogP contribution >= 0.6 is 23.4 Å². The number of carbonyl (C=O) groups excluding carboxylic acids is 1. The number of halogens is 1. The average molecular weight is 380 g/mol. The molecule has 0 saturated carbocycles. The third kappa shape index (κ3) is 5.31. The fourth-order valence-corrected chi connectivity index (χ4v) is 3.51. The predicted molar refractivity (Wildman–Crippen MR) is 103 cm³/mol. The van der Waals surface area contributed by atoms with E-state index in [1.807, 2.05) is 54.3 Å². The van der Waals surface area contributed by atoms with E-state index >= 15 is 0 Å². The van der Waals surface area contributed by atoms with Gasteiger partial charge in [0.15, 0.2) is 11.5 Å². The molecule has 2 rings (SSSR count). The zero-order valence-electron chi connectivity index (χ0n) is 14.6. The van der Waals surface area contributed by atoms with Crippen LogP contribution < -0.4 is 9.47 Å². The molecular formula is C19H22ClNO3S. The summed E-state index contributed by atoms with van der Waals surface area (Å²) in [6.45, 7) is 3.13. The zero-order valence-corrected chi connectivity index (χ0v) is 16.2. The molecule has 6 heteroatoms. The van der Waals surface area contributed by atoms with Gasteiger partial charge in [0.2, 0.25) is 5.91 Å². The number of hydrogen-bond acceptors (Lipinski definition) is 4. The number of amides is 1. The minimum Gasteiger partial charge on any atom is -0.493 e. The van der Waals surface area contributed by atoms with E-state index in [1.165, 1.54) is 11.8 Å². The van der Waals surface area contributed by atoms with Crippen molar-refractivity contribution >= 4 is 29.3 Å². The fourth-order valence-electron chi connectivity index (χ4n) is 2.37. The lowest BCUT2D eigenvalue weighted by Gasteiger charge is -2.21. The normalized spacial score (nSPS) is 10.4. The number of benzene rings is 2. The van der Waals surface area contributed by atoms with Crippen molar-refractivity contribution in [3.05, 3.63) is 53.1 Å². The van der Waals surface area contributed by atoms with Gasteiger partial charge in [-0.15, -0.1) is 11.8 Å². The van der Waals surface area contributed by atoms with E-state index in [4.69, 9.17) is 21.1 Å². The van der Waals surface area contributed by atoms with Crippen LogP contribution in [0.1, 0.15) is 12.5 Å². The highest BCUT2D eigenvalue weighted by atomic mass is 35.5. The first kappa shape index (κ1) is 19.5. The van der Waals surface area contributed by atoms with Crippen molar-refractivity contribution < 1.29 is 14.3 Å². The highest BCUT2D eigenvalue weighted by molar-refractivity contribution is 8.00. The molecule has 0 aliphatic rings. The van der Waals surface area contributed by atoms with Crippen molar-refractivity contribution in [1.29, 1.82) is 0 Å². The molecule has 2 aromatic rings. The van der Waals surface area contributed by atoms with Crippen LogP contribution in [0, 0.1) is 0 Å². The van der Waals surface area contributed by atoms with Gasteiger partial charge in [-0.1, -0.05) is 29.8 Å². The molecule has 0 unspecified atom stereocenters. The maximum Gasteiger partial charge on any atom is 0.233 e. The first-order chi connectivity index (χ1) is 12.1. The molecule has 0 aromatic heterocycles. The molecule has 4 nitrogen and oxygen atoms in total. The molecule has 134 valence electrons. The molecule has 0 bridgehead atoms. The Morgan fingerprint density at radius 3 is 2.48 bits per heavy atom. The second kappa shape index (κ2) is 9.59. The number of thioether (sulfide) groups is 1. The molecule has 0 saturated heterocycles. The topological polar surface area (TPSA) is 38.8 Å². The van der Waals surface area contributed by atoms with E-state index in [0.29, 0.717) is 35.4 Å². The summed E-state index contributed by atoms with van der Waals surface area (Å²) in [5.41, 5.74) is 0.996. The number of nitrogens with zero attached hydrogens (tertiary/aromatic N) is 1. The van der Waals surface area contributed by atoms with E-state index in [0.717, 1.165) is 10.5 Å². The fraction of sp³-hybridized carbons (Fsp3) is 0.316. The zero-order chi connectivity index (χ0) is 18.2. The minimum absolute atomic E-state index is 0.0715. The smallest absolute Gasteiger partial charge is 0.233 e. The van der Waals surface area contributed by atoms with Crippen molar-refractivity contribution in [2.24, 2.45) is 0 Å². The highest BCUT2D eigenvalue weighted by Crippen LogP contribution is 2.29. The van der Waals surface area contributed by atoms with Gasteiger partial charge in [0, 0.05) is 18.0 Å². The molecule has 0 spiro atoms. The molecule has 1 amide bonds. The van der Waals surface area contributed by atoms with Crippen LogP contribution in [-0.4, -0.2) is 37.3 Å². The summed E-state index contributed by atoms with van der Waals surface area (Å²) in [5.74, 6) is 1.76. The lowest BCUT2D eigenvalue weighted by Crippen LogP contribution is -2.31. The molecule has 2 aromatic carbocycles. The summed E-state index contributed by atoms with van der Waals surface area (Å²) in [6.07, 6.45) is 0. The summed E-state index contributed by atoms with van der Waals surface area (Å²) in [4.78, 5) is 15.3. The molecule has 0 fully saturated rings. The monoisotopic (exact) mass is 379 g/mol. The van der Waals surface area contributed by atoms with Crippen LogP contribution in [0.5, 0.6) is 11.5 Å². The van der Waals surface area contributed by atoms with Gasteiger partial charge in [-0.25, -0.2) is 0 Å². The quantitative estimate of drug-likeness (QED) is 0.633. The van der Waals surface area contributed by atoms with E-state index in [9.17, 15) is 4.79 Å². The Balaban J connectivity index is 2.01. The second-order valence-electron chi connectivity index (χ2n) is 5.32. The number of carbonyl (C=O) groups is 1. The molecular weight excluding hydrogens is 358 g/mol. The Labute approximate surface area is 158 Å². The van der Waals surface area contributed by atoms with Crippen molar-refractivity contribution in [2.45, 2.75) is 18.4 Å². The van der Waals surface area contributed by atoms with E-state index in [1.54, 1.807) is 14.2 Å². The van der Waals surface area contributed by atoms with Gasteiger partial charge in [0.05, 0.1) is 25.0 Å². The largest absolute Gasteiger partial charge is 0.493 e. The molecule has 0 radical (unpaired) electrons. The number of methoxy groups -OCH3 is 2. The Morgan fingerprint density at radius 1 is 1.12 bits per heavy atom. The first-order valence-electron chi connectivity index (χ1n) is 7.95. The van der Waals surface area contributed by atoms with Gasteiger partial charge >= 0.3 is 0 Å². The summed E-state index contributed by atoms with van der Waals surface area (Å²) in [7, 11) is 3.20. The standard InChI is InChI=1S/C19H22ClNO3S/c1-4-21(12-14-9-10-16(23-2)17(11-14)24-3)19(22)13-25-18-8-6-5-7-15(18)20/h5-11H,4,12-13H2,1-3H3. The SMILES string of the molecule is CCN(Cc1ccc(OC)c(OC)c1)C(=O)CSc1ccccc1Cl. The third-order valence-corrected chi connectivity index (χ3v) is 5.24. The van der Waals surface area contributed by atoms with E-state index < -0.39 is 0 Å². The third-order valence-electron chi connectivity index (χ3n) is 3.74. The van der Waals surface area contributed by atoms with Gasteiger partial charge in [-0.2, -0.15) is 0 Å². The summed E-state index contributed by atoms with van der Waals surface area (Å²) in [5, 5.41) is 0.670. The van der Waals surface area contributed by atoms with Crippen LogP contribution in [-0.2, 0) is 11.3 Å². The Morgan fingerprint density at radius 2 is 1.84 bits per heavy atom. The molecule has 25 heavy (non-hydrogen) atoms. The summed E-state index contributed by atoms with van der Waals surface area (Å²) >= 11 is 7.60. The van der Waals surface area contributed by atoms with Crippen LogP contribution in [0.2, 0.25) is 5.02 Å². The highest BCUT2D eigenvalue weighted by Gasteiger charge is 2.14. The molecule has 0 atom stereocenters. The lowest BCUT2D eigenvalue weighted by atomic mass is 10.2. The van der Waals surface area contributed by atoms with Crippen LogP contribution in [0.3, 0.4) is 0 Å².